The van der Waals surface area contributed by atoms with Gasteiger partial charge in [-0.25, -0.2) is 4.99 Å². The van der Waals surface area contributed by atoms with Crippen LogP contribution in [0.5, 0.6) is 0 Å². The Morgan fingerprint density at radius 2 is 2.31 bits per heavy atom. The Bertz CT molecular complexity index is 223. The van der Waals surface area contributed by atoms with Gasteiger partial charge in [-0.2, -0.15) is 0 Å². The SMILES string of the molecule is CCNC(=C/[N+](=O)[O-])/N=C/N(C)C. The van der Waals surface area contributed by atoms with Crippen LogP contribution in [0.3, 0.4) is 0 Å². The number of nitro groups is 1. The fourth-order valence-electron chi connectivity index (χ4n) is 0.583. The summed E-state index contributed by atoms with van der Waals surface area (Å²) in [5.41, 5.74) is 0. The summed E-state index contributed by atoms with van der Waals surface area (Å²) in [5.74, 6) is 0.251. The quantitative estimate of drug-likeness (QED) is 0.289. The molecule has 0 heterocycles. The Hall–Kier alpha value is -1.59. The fraction of sp³-hybridized carbons (Fsp3) is 0.571. The summed E-state index contributed by atoms with van der Waals surface area (Å²) in [6.07, 6.45) is 2.33. The van der Waals surface area contributed by atoms with Crippen LogP contribution in [-0.2, 0) is 0 Å². The Kier molecular flexibility index (Phi) is 5.25. The lowest BCUT2D eigenvalue weighted by Gasteiger charge is -2.03. The lowest BCUT2D eigenvalue weighted by molar-refractivity contribution is -0.403. The van der Waals surface area contributed by atoms with E-state index in [0.717, 1.165) is 6.20 Å². The van der Waals surface area contributed by atoms with Gasteiger partial charge in [0.15, 0.2) is 5.82 Å². The van der Waals surface area contributed by atoms with Crippen molar-refractivity contribution < 1.29 is 4.92 Å². The van der Waals surface area contributed by atoms with Crippen LogP contribution < -0.4 is 5.32 Å². The molecule has 0 aliphatic heterocycles. The Labute approximate surface area is 77.1 Å². The first-order valence-corrected chi connectivity index (χ1v) is 3.86. The van der Waals surface area contributed by atoms with Gasteiger partial charge in [-0.15, -0.1) is 0 Å². The van der Waals surface area contributed by atoms with Gasteiger partial charge < -0.3 is 10.2 Å². The second kappa shape index (κ2) is 5.99. The molecule has 0 unspecified atom stereocenters. The van der Waals surface area contributed by atoms with E-state index in [4.69, 9.17) is 0 Å². The van der Waals surface area contributed by atoms with Gasteiger partial charge in [-0.3, -0.25) is 10.1 Å². The summed E-state index contributed by atoms with van der Waals surface area (Å²) in [5, 5.41) is 12.9. The van der Waals surface area contributed by atoms with E-state index >= 15 is 0 Å². The molecule has 13 heavy (non-hydrogen) atoms. The fourth-order valence-corrected chi connectivity index (χ4v) is 0.583. The molecule has 74 valence electrons. The highest BCUT2D eigenvalue weighted by molar-refractivity contribution is 5.55. The predicted molar refractivity (Wildman–Crippen MR) is 50.9 cm³/mol. The Morgan fingerprint density at radius 1 is 1.69 bits per heavy atom. The molecule has 0 amide bonds. The van der Waals surface area contributed by atoms with Crippen LogP contribution >= 0.6 is 0 Å². The van der Waals surface area contributed by atoms with Crippen LogP contribution in [0.25, 0.3) is 0 Å². The van der Waals surface area contributed by atoms with E-state index < -0.39 is 4.92 Å². The summed E-state index contributed by atoms with van der Waals surface area (Å²) < 4.78 is 0. The largest absolute Gasteiger partial charge is 0.369 e. The molecule has 0 bridgehead atoms. The van der Waals surface area contributed by atoms with Crippen molar-refractivity contribution in [3.63, 3.8) is 0 Å². The molecule has 0 aromatic rings. The number of hydrogen-bond acceptors (Lipinski definition) is 4. The number of nitrogens with one attached hydrogen (secondary N) is 1. The van der Waals surface area contributed by atoms with Crippen molar-refractivity contribution in [3.8, 4) is 0 Å². The molecular formula is C7H14N4O2. The van der Waals surface area contributed by atoms with E-state index in [9.17, 15) is 10.1 Å². The van der Waals surface area contributed by atoms with Crippen molar-refractivity contribution in [1.82, 2.24) is 10.2 Å². The van der Waals surface area contributed by atoms with Gasteiger partial charge in [-0.1, -0.05) is 0 Å². The van der Waals surface area contributed by atoms with Crippen molar-refractivity contribution >= 4 is 6.34 Å². The van der Waals surface area contributed by atoms with Crippen molar-refractivity contribution in [3.05, 3.63) is 22.1 Å². The van der Waals surface area contributed by atoms with Gasteiger partial charge in [-0.05, 0) is 6.92 Å². The molecule has 0 rings (SSSR count). The molecule has 1 N–H and O–H groups in total. The summed E-state index contributed by atoms with van der Waals surface area (Å²) in [4.78, 5) is 15.2. The maximum atomic E-state index is 10.1. The smallest absolute Gasteiger partial charge is 0.276 e. The number of nitrogens with zero attached hydrogens (tertiary/aromatic N) is 3. The number of aliphatic imine (C=N–C) groups is 1. The van der Waals surface area contributed by atoms with E-state index in [0.29, 0.717) is 6.54 Å². The van der Waals surface area contributed by atoms with E-state index in [1.54, 1.807) is 19.0 Å². The van der Waals surface area contributed by atoms with Crippen LogP contribution in [-0.4, -0.2) is 36.8 Å². The molecule has 0 spiro atoms. The molecule has 0 saturated heterocycles. The topological polar surface area (TPSA) is 70.8 Å². The van der Waals surface area contributed by atoms with Crippen LogP contribution in [0.2, 0.25) is 0 Å². The Morgan fingerprint density at radius 3 is 2.69 bits per heavy atom. The second-order valence-electron chi connectivity index (χ2n) is 2.54. The zero-order valence-electron chi connectivity index (χ0n) is 8.02. The predicted octanol–water partition coefficient (Wildman–Crippen LogP) is 0.261. The van der Waals surface area contributed by atoms with Crippen molar-refractivity contribution in [2.24, 2.45) is 4.99 Å². The molecule has 6 heteroatoms. The zero-order valence-corrected chi connectivity index (χ0v) is 8.02. The van der Waals surface area contributed by atoms with E-state index in [1.165, 1.54) is 6.34 Å². The minimum Gasteiger partial charge on any atom is -0.369 e. The first kappa shape index (κ1) is 11.4. The van der Waals surface area contributed by atoms with Gasteiger partial charge in [0.1, 0.15) is 0 Å². The molecular weight excluding hydrogens is 172 g/mol. The van der Waals surface area contributed by atoms with Crippen LogP contribution in [0, 0.1) is 10.1 Å². The van der Waals surface area contributed by atoms with Crippen LogP contribution in [0.1, 0.15) is 6.92 Å². The highest BCUT2D eigenvalue weighted by Crippen LogP contribution is 1.90. The zero-order chi connectivity index (χ0) is 10.3. The van der Waals surface area contributed by atoms with Crippen LogP contribution in [0.15, 0.2) is 17.0 Å². The Balaban J connectivity index is 4.34. The van der Waals surface area contributed by atoms with Gasteiger partial charge in [0.25, 0.3) is 6.20 Å². The van der Waals surface area contributed by atoms with Crippen molar-refractivity contribution in [2.45, 2.75) is 6.92 Å². The first-order valence-electron chi connectivity index (χ1n) is 3.86. The summed E-state index contributed by atoms with van der Waals surface area (Å²) in [6, 6.07) is 0. The molecule has 6 nitrogen and oxygen atoms in total. The lowest BCUT2D eigenvalue weighted by atomic mass is 10.6. The third kappa shape index (κ3) is 6.79. The number of hydrogen-bond donors (Lipinski definition) is 1. The van der Waals surface area contributed by atoms with E-state index in [1.807, 2.05) is 6.92 Å². The molecule has 0 fully saturated rings. The highest BCUT2D eigenvalue weighted by Gasteiger charge is 1.97. The van der Waals surface area contributed by atoms with Gasteiger partial charge in [0.2, 0.25) is 0 Å². The molecule has 0 aliphatic carbocycles. The van der Waals surface area contributed by atoms with Crippen molar-refractivity contribution in [2.75, 3.05) is 20.6 Å². The molecule has 0 aliphatic rings. The molecule has 0 saturated carbocycles. The monoisotopic (exact) mass is 186 g/mol. The maximum absolute atomic E-state index is 10.1. The highest BCUT2D eigenvalue weighted by atomic mass is 16.6. The third-order valence-corrected chi connectivity index (χ3v) is 1.01. The first-order chi connectivity index (χ1) is 6.06. The van der Waals surface area contributed by atoms with Gasteiger partial charge >= 0.3 is 0 Å². The van der Waals surface area contributed by atoms with Crippen LogP contribution in [0.4, 0.5) is 0 Å². The van der Waals surface area contributed by atoms with Crippen molar-refractivity contribution in [1.29, 1.82) is 0 Å². The van der Waals surface area contributed by atoms with E-state index in [2.05, 4.69) is 10.3 Å². The molecule has 0 radical (unpaired) electrons. The second-order valence-corrected chi connectivity index (χ2v) is 2.54. The average molecular weight is 186 g/mol. The molecule has 0 aromatic heterocycles. The lowest BCUT2D eigenvalue weighted by Crippen LogP contribution is -2.15. The third-order valence-electron chi connectivity index (χ3n) is 1.01. The minimum absolute atomic E-state index is 0.251. The van der Waals surface area contributed by atoms with E-state index in [-0.39, 0.29) is 5.82 Å². The summed E-state index contributed by atoms with van der Waals surface area (Å²) in [7, 11) is 3.58. The number of rotatable bonds is 5. The average Bonchev–Trinajstić information content (AvgIpc) is 1.99. The normalized spacial score (nSPS) is 11.8. The minimum atomic E-state index is -0.537. The van der Waals surface area contributed by atoms with Gasteiger partial charge in [0.05, 0.1) is 11.3 Å². The summed E-state index contributed by atoms with van der Waals surface area (Å²) in [6.45, 7) is 2.45. The standard InChI is InChI=1S/C7H14N4O2/c1-4-8-7(5-11(12)13)9-6-10(2)3/h5-6,8H,4H2,1-3H3/b7-5-,9-6+. The summed E-state index contributed by atoms with van der Waals surface area (Å²) >= 11 is 0. The maximum Gasteiger partial charge on any atom is 0.276 e. The molecule has 0 aromatic carbocycles. The van der Waals surface area contributed by atoms with Gasteiger partial charge in [0, 0.05) is 20.6 Å². The molecule has 0 atom stereocenters.